The molecule has 2 aliphatic rings. The molecule has 0 aromatic heterocycles. The molecule has 0 radical (unpaired) electrons. The highest BCUT2D eigenvalue weighted by atomic mass is 14.8. The molecule has 0 bridgehead atoms. The van der Waals surface area contributed by atoms with Gasteiger partial charge in [-0.15, -0.1) is 0 Å². The van der Waals surface area contributed by atoms with Crippen LogP contribution in [0.5, 0.6) is 0 Å². The molecule has 4 aromatic carbocycles. The molecule has 6 rings (SSSR count). The minimum Gasteiger partial charge on any atom is -0.252 e. The van der Waals surface area contributed by atoms with Gasteiger partial charge in [0, 0.05) is 11.3 Å². The molecular weight excluding hydrogens is 591 g/mol. The molecule has 1 aliphatic heterocycles. The lowest BCUT2D eigenvalue weighted by Gasteiger charge is -2.20. The van der Waals surface area contributed by atoms with Crippen LogP contribution in [0.25, 0.3) is 28.0 Å². The molecule has 0 fully saturated rings. The Balaban J connectivity index is 1.48. The average molecular weight is 638 g/mol. The Morgan fingerprint density at radius 1 is 0.735 bits per heavy atom. The van der Waals surface area contributed by atoms with Gasteiger partial charge in [-0.05, 0) is 113 Å². The van der Waals surface area contributed by atoms with Gasteiger partial charge < -0.3 is 0 Å². The van der Waals surface area contributed by atoms with E-state index >= 15 is 0 Å². The van der Waals surface area contributed by atoms with Gasteiger partial charge in [0.05, 0.1) is 5.70 Å². The van der Waals surface area contributed by atoms with Crippen molar-refractivity contribution in [3.63, 3.8) is 0 Å². The Hall–Kier alpha value is -5.27. The summed E-state index contributed by atoms with van der Waals surface area (Å²) in [6.07, 6.45) is 25.3. The van der Waals surface area contributed by atoms with Gasteiger partial charge in [0.2, 0.25) is 0 Å². The van der Waals surface area contributed by atoms with Gasteiger partial charge in [-0.3, -0.25) is 4.99 Å². The number of hydrogen-bond donors (Lipinski definition) is 0. The van der Waals surface area contributed by atoms with E-state index in [1.54, 1.807) is 6.08 Å². The van der Waals surface area contributed by atoms with Crippen LogP contribution in [0.1, 0.15) is 73.8 Å². The van der Waals surface area contributed by atoms with Crippen molar-refractivity contribution in [2.45, 2.75) is 52.4 Å². The van der Waals surface area contributed by atoms with Crippen LogP contribution >= 0.6 is 0 Å². The highest BCUT2D eigenvalue weighted by Crippen LogP contribution is 2.37. The van der Waals surface area contributed by atoms with Crippen LogP contribution in [0, 0.1) is 5.92 Å². The first-order chi connectivity index (χ1) is 24.1. The minimum atomic E-state index is 0.361. The maximum atomic E-state index is 5.58. The molecular formula is C48H47N. The monoisotopic (exact) mass is 637 g/mol. The van der Waals surface area contributed by atoms with Crippen LogP contribution in [-0.2, 0) is 6.42 Å². The van der Waals surface area contributed by atoms with Crippen LogP contribution in [0.4, 0.5) is 0 Å². The first-order valence-corrected chi connectivity index (χ1v) is 17.8. The lowest BCUT2D eigenvalue weighted by Crippen LogP contribution is -2.07. The van der Waals surface area contributed by atoms with Gasteiger partial charge in [0.25, 0.3) is 0 Å². The zero-order valence-corrected chi connectivity index (χ0v) is 29.0. The zero-order chi connectivity index (χ0) is 33.8. The maximum Gasteiger partial charge on any atom is 0.0708 e. The largest absolute Gasteiger partial charge is 0.252 e. The van der Waals surface area contributed by atoms with E-state index in [2.05, 4.69) is 160 Å². The van der Waals surface area contributed by atoms with Crippen molar-refractivity contribution in [2.24, 2.45) is 10.9 Å². The van der Waals surface area contributed by atoms with Crippen LogP contribution in [-0.4, -0.2) is 5.71 Å². The predicted molar refractivity (Wildman–Crippen MR) is 213 cm³/mol. The highest BCUT2D eigenvalue weighted by molar-refractivity contribution is 6.04. The summed E-state index contributed by atoms with van der Waals surface area (Å²) in [7, 11) is 0. The van der Waals surface area contributed by atoms with Crippen LogP contribution in [0.2, 0.25) is 0 Å². The Morgan fingerprint density at radius 2 is 1.47 bits per heavy atom. The Morgan fingerprint density at radius 3 is 2.27 bits per heavy atom. The maximum absolute atomic E-state index is 5.58. The number of benzene rings is 4. The SMILES string of the molecule is C=CC=CC=CCc1cccc(C2=C(CC)C=C(c3cccc(-c4ccccc4)c3)N=C(c3cccc(C4=CCCC=C4)c3)CCC2C)c1. The van der Waals surface area contributed by atoms with Crippen molar-refractivity contribution >= 4 is 22.6 Å². The molecule has 1 unspecified atom stereocenters. The summed E-state index contributed by atoms with van der Waals surface area (Å²) < 4.78 is 0. The summed E-state index contributed by atoms with van der Waals surface area (Å²) in [4.78, 5) is 5.58. The summed E-state index contributed by atoms with van der Waals surface area (Å²) in [6.45, 7) is 8.45. The second-order valence-electron chi connectivity index (χ2n) is 12.9. The minimum absolute atomic E-state index is 0.361. The van der Waals surface area contributed by atoms with Gasteiger partial charge in [0.1, 0.15) is 0 Å². The number of nitrogens with zero attached hydrogens (tertiary/aromatic N) is 1. The van der Waals surface area contributed by atoms with E-state index in [-0.39, 0.29) is 0 Å². The zero-order valence-electron chi connectivity index (χ0n) is 29.0. The Labute approximate surface area is 293 Å². The molecule has 0 N–H and O–H groups in total. The van der Waals surface area contributed by atoms with Crippen molar-refractivity contribution in [1.82, 2.24) is 0 Å². The predicted octanol–water partition coefficient (Wildman–Crippen LogP) is 13.1. The molecule has 0 saturated heterocycles. The van der Waals surface area contributed by atoms with Crippen LogP contribution in [0.15, 0.2) is 175 Å². The van der Waals surface area contributed by atoms with Crippen molar-refractivity contribution in [1.29, 1.82) is 0 Å². The topological polar surface area (TPSA) is 12.4 Å². The van der Waals surface area contributed by atoms with Gasteiger partial charge >= 0.3 is 0 Å². The smallest absolute Gasteiger partial charge is 0.0708 e. The van der Waals surface area contributed by atoms with E-state index in [1.165, 1.54) is 50.1 Å². The van der Waals surface area contributed by atoms with Crippen molar-refractivity contribution in [3.05, 3.63) is 198 Å². The molecule has 1 nitrogen and oxygen atoms in total. The molecule has 0 amide bonds. The molecule has 1 heterocycles. The molecule has 1 heteroatoms. The van der Waals surface area contributed by atoms with E-state index in [0.717, 1.165) is 55.5 Å². The fourth-order valence-electron chi connectivity index (χ4n) is 6.90. The number of hydrogen-bond acceptors (Lipinski definition) is 1. The summed E-state index contributed by atoms with van der Waals surface area (Å²) >= 11 is 0. The highest BCUT2D eigenvalue weighted by Gasteiger charge is 2.20. The number of allylic oxidation sites excluding steroid dienone is 12. The van der Waals surface area contributed by atoms with E-state index in [1.807, 2.05) is 12.2 Å². The number of aliphatic imine (C=N–C) groups is 1. The first kappa shape index (κ1) is 33.6. The quantitative estimate of drug-likeness (QED) is 0.153. The Bertz CT molecular complexity index is 1990. The third kappa shape index (κ3) is 8.61. The lowest BCUT2D eigenvalue weighted by atomic mass is 9.84. The fourth-order valence-corrected chi connectivity index (χ4v) is 6.90. The van der Waals surface area contributed by atoms with Gasteiger partial charge in [-0.25, -0.2) is 0 Å². The molecule has 244 valence electrons. The van der Waals surface area contributed by atoms with E-state index in [4.69, 9.17) is 4.99 Å². The third-order valence-corrected chi connectivity index (χ3v) is 9.48. The van der Waals surface area contributed by atoms with E-state index < -0.39 is 0 Å². The van der Waals surface area contributed by atoms with Crippen LogP contribution in [0.3, 0.4) is 0 Å². The second kappa shape index (κ2) is 16.7. The summed E-state index contributed by atoms with van der Waals surface area (Å²) in [5.74, 6) is 0.361. The third-order valence-electron chi connectivity index (χ3n) is 9.48. The van der Waals surface area contributed by atoms with Gasteiger partial charge in [0.15, 0.2) is 0 Å². The summed E-state index contributed by atoms with van der Waals surface area (Å²) in [5, 5.41) is 0. The molecule has 1 aliphatic carbocycles. The summed E-state index contributed by atoms with van der Waals surface area (Å²) in [6, 6.07) is 37.7. The fraction of sp³-hybridized carbons (Fsp3) is 0.188. The first-order valence-electron chi connectivity index (χ1n) is 17.8. The van der Waals surface area contributed by atoms with E-state index in [0.29, 0.717) is 5.92 Å². The summed E-state index contributed by atoms with van der Waals surface area (Å²) in [5.41, 5.74) is 14.9. The molecule has 49 heavy (non-hydrogen) atoms. The molecule has 0 spiro atoms. The van der Waals surface area contributed by atoms with E-state index in [9.17, 15) is 0 Å². The lowest BCUT2D eigenvalue weighted by molar-refractivity contribution is 0.684. The average Bonchev–Trinajstić information content (AvgIpc) is 3.23. The van der Waals surface area contributed by atoms with Crippen molar-refractivity contribution < 1.29 is 0 Å². The molecule has 0 saturated carbocycles. The van der Waals surface area contributed by atoms with Gasteiger partial charge in [-0.1, -0.05) is 160 Å². The molecule has 1 atom stereocenters. The second-order valence-corrected chi connectivity index (χ2v) is 12.9. The standard InChI is InChI=1S/C48H47N/c1-4-6-7-8-11-19-37-20-16-29-45(32-37)48-36(3)30-31-46(43-27-17-25-41(33-43)39-21-12-9-13-22-39)49-47(35-38(48)5-2)44-28-18-26-42(34-44)40-23-14-10-15-24-40/h4,6-8,10-12,14-18,20-29,32-36H,1,5,9,13,19,30-31H2,2-3H3. The van der Waals surface area contributed by atoms with Gasteiger partial charge in [-0.2, -0.15) is 0 Å². The van der Waals surface area contributed by atoms with Crippen molar-refractivity contribution in [3.8, 4) is 11.1 Å². The molecule has 4 aromatic rings. The number of rotatable bonds is 10. The van der Waals surface area contributed by atoms with Crippen LogP contribution < -0.4 is 0 Å². The Kier molecular flexibility index (Phi) is 11.5. The normalized spacial score (nSPS) is 16.9. The van der Waals surface area contributed by atoms with Crippen molar-refractivity contribution in [2.75, 3.05) is 0 Å².